The van der Waals surface area contributed by atoms with Gasteiger partial charge in [-0.05, 0) is 11.4 Å². The molecule has 0 aliphatic rings. The van der Waals surface area contributed by atoms with Crippen LogP contribution in [-0.2, 0) is 6.42 Å². The van der Waals surface area contributed by atoms with E-state index < -0.39 is 0 Å². The molecule has 2 aromatic heterocycles. The number of rotatable bonds is 6. The van der Waals surface area contributed by atoms with Crippen molar-refractivity contribution >= 4 is 11.3 Å². The predicted molar refractivity (Wildman–Crippen MR) is 73.2 cm³/mol. The lowest BCUT2D eigenvalue weighted by Gasteiger charge is -2.16. The Balaban J connectivity index is 2.26. The summed E-state index contributed by atoms with van der Waals surface area (Å²) in [7, 11) is 3.08. The van der Waals surface area contributed by atoms with Gasteiger partial charge in [-0.1, -0.05) is 6.07 Å². The first kappa shape index (κ1) is 13.7. The third-order valence-electron chi connectivity index (χ3n) is 2.66. The van der Waals surface area contributed by atoms with Gasteiger partial charge in [0.05, 0.1) is 26.5 Å². The predicted octanol–water partition coefficient (Wildman–Crippen LogP) is 1.30. The summed E-state index contributed by atoms with van der Waals surface area (Å²) in [6.07, 6.45) is 2.28. The fourth-order valence-corrected chi connectivity index (χ4v) is 2.47. The van der Waals surface area contributed by atoms with E-state index >= 15 is 0 Å². The number of aromatic nitrogens is 2. The number of thiophene rings is 1. The lowest BCUT2D eigenvalue weighted by molar-refractivity contribution is 0.349. The van der Waals surface area contributed by atoms with Crippen molar-refractivity contribution in [2.24, 2.45) is 5.84 Å². The Kier molecular flexibility index (Phi) is 4.67. The van der Waals surface area contributed by atoms with Crippen LogP contribution in [0.4, 0.5) is 0 Å². The minimum absolute atomic E-state index is 0.160. The Morgan fingerprint density at radius 1 is 1.42 bits per heavy atom. The molecule has 1 unspecified atom stereocenters. The average Bonchev–Trinajstić information content (AvgIpc) is 2.97. The van der Waals surface area contributed by atoms with Crippen LogP contribution in [0.1, 0.15) is 16.6 Å². The summed E-state index contributed by atoms with van der Waals surface area (Å²) in [5, 5.41) is 2.03. The Labute approximate surface area is 115 Å². The van der Waals surface area contributed by atoms with Gasteiger partial charge in [0.25, 0.3) is 0 Å². The van der Waals surface area contributed by atoms with E-state index in [2.05, 4.69) is 21.5 Å². The smallest absolute Gasteiger partial charge is 0.240 e. The Bertz CT molecular complexity index is 518. The molecule has 0 aliphatic carbocycles. The summed E-state index contributed by atoms with van der Waals surface area (Å²) in [4.78, 5) is 9.74. The molecule has 0 spiro atoms. The third-order valence-corrected chi connectivity index (χ3v) is 3.56. The van der Waals surface area contributed by atoms with Gasteiger partial charge in [-0.2, -0.15) is 4.98 Å². The molecule has 0 aliphatic heterocycles. The van der Waals surface area contributed by atoms with Gasteiger partial charge < -0.3 is 9.47 Å². The molecule has 0 fully saturated rings. The molecular formula is C12H16N4O2S. The summed E-state index contributed by atoms with van der Waals surface area (Å²) in [5.74, 6) is 6.44. The monoisotopic (exact) mass is 280 g/mol. The Morgan fingerprint density at radius 3 is 2.84 bits per heavy atom. The van der Waals surface area contributed by atoms with Crippen molar-refractivity contribution in [3.63, 3.8) is 0 Å². The van der Waals surface area contributed by atoms with Crippen LogP contribution in [0.3, 0.4) is 0 Å². The molecule has 0 amide bonds. The molecule has 1 atom stereocenters. The maximum atomic E-state index is 5.62. The molecule has 2 heterocycles. The molecule has 2 aromatic rings. The minimum atomic E-state index is -0.160. The van der Waals surface area contributed by atoms with Crippen LogP contribution in [0.2, 0.25) is 0 Å². The van der Waals surface area contributed by atoms with Gasteiger partial charge in [0.2, 0.25) is 11.8 Å². The van der Waals surface area contributed by atoms with Gasteiger partial charge >= 0.3 is 0 Å². The largest absolute Gasteiger partial charge is 0.480 e. The molecule has 3 N–H and O–H groups in total. The summed E-state index contributed by atoms with van der Waals surface area (Å²) >= 11 is 1.67. The summed E-state index contributed by atoms with van der Waals surface area (Å²) < 4.78 is 10.3. The Morgan fingerprint density at radius 2 is 2.26 bits per heavy atom. The van der Waals surface area contributed by atoms with Gasteiger partial charge in [0.1, 0.15) is 5.69 Å². The molecule has 0 aromatic carbocycles. The van der Waals surface area contributed by atoms with Gasteiger partial charge in [0, 0.05) is 11.3 Å². The van der Waals surface area contributed by atoms with E-state index in [4.69, 9.17) is 15.3 Å². The third kappa shape index (κ3) is 3.19. The summed E-state index contributed by atoms with van der Waals surface area (Å²) in [5.41, 5.74) is 3.42. The van der Waals surface area contributed by atoms with E-state index in [9.17, 15) is 0 Å². The van der Waals surface area contributed by atoms with Crippen molar-refractivity contribution in [3.05, 3.63) is 34.3 Å². The second-order valence-corrected chi connectivity index (χ2v) is 4.84. The molecule has 2 rings (SSSR count). The summed E-state index contributed by atoms with van der Waals surface area (Å²) in [6.45, 7) is 0. The molecule has 0 saturated carbocycles. The number of hydrazine groups is 1. The lowest BCUT2D eigenvalue weighted by Crippen LogP contribution is -2.30. The van der Waals surface area contributed by atoms with Crippen molar-refractivity contribution in [2.45, 2.75) is 12.5 Å². The maximum absolute atomic E-state index is 5.62. The SMILES string of the molecule is COc1cnc(C(Cc2cccs2)NN)c(OC)n1. The number of hydrogen-bond acceptors (Lipinski definition) is 7. The molecular weight excluding hydrogens is 264 g/mol. The van der Waals surface area contributed by atoms with Crippen LogP contribution in [0.15, 0.2) is 23.7 Å². The van der Waals surface area contributed by atoms with E-state index in [-0.39, 0.29) is 6.04 Å². The first-order chi connectivity index (χ1) is 9.28. The lowest BCUT2D eigenvalue weighted by atomic mass is 10.1. The van der Waals surface area contributed by atoms with Gasteiger partial charge in [0.15, 0.2) is 0 Å². The number of nitrogens with one attached hydrogen (secondary N) is 1. The van der Waals surface area contributed by atoms with Crippen LogP contribution in [-0.4, -0.2) is 24.2 Å². The normalized spacial score (nSPS) is 12.2. The first-order valence-electron chi connectivity index (χ1n) is 5.72. The molecule has 0 saturated heterocycles. The first-order valence-corrected chi connectivity index (χ1v) is 6.60. The highest BCUT2D eigenvalue weighted by molar-refractivity contribution is 7.09. The van der Waals surface area contributed by atoms with Crippen LogP contribution in [0.5, 0.6) is 11.8 Å². The quantitative estimate of drug-likeness (QED) is 0.613. The Hall–Kier alpha value is -1.70. The second kappa shape index (κ2) is 6.46. The van der Waals surface area contributed by atoms with Crippen LogP contribution in [0.25, 0.3) is 0 Å². The molecule has 6 nitrogen and oxygen atoms in total. The molecule has 102 valence electrons. The standard InChI is InChI=1S/C12H16N4O2S/c1-17-10-7-14-11(12(15-10)18-2)9(16-13)6-8-4-3-5-19-8/h3-5,7,9,16H,6,13H2,1-2H3. The highest BCUT2D eigenvalue weighted by Crippen LogP contribution is 2.26. The average molecular weight is 280 g/mol. The van der Waals surface area contributed by atoms with E-state index in [0.29, 0.717) is 17.5 Å². The zero-order valence-corrected chi connectivity index (χ0v) is 11.6. The zero-order chi connectivity index (χ0) is 13.7. The number of nitrogens with two attached hydrogens (primary N) is 1. The zero-order valence-electron chi connectivity index (χ0n) is 10.8. The fourth-order valence-electron chi connectivity index (χ4n) is 1.72. The topological polar surface area (TPSA) is 82.3 Å². The maximum Gasteiger partial charge on any atom is 0.240 e. The number of hydrogen-bond donors (Lipinski definition) is 2. The van der Waals surface area contributed by atoms with E-state index in [1.807, 2.05) is 11.4 Å². The van der Waals surface area contributed by atoms with Crippen molar-refractivity contribution < 1.29 is 9.47 Å². The minimum Gasteiger partial charge on any atom is -0.480 e. The van der Waals surface area contributed by atoms with Crippen LogP contribution >= 0.6 is 11.3 Å². The summed E-state index contributed by atoms with van der Waals surface area (Å²) in [6, 6.07) is 3.90. The van der Waals surface area contributed by atoms with Crippen molar-refractivity contribution in [3.8, 4) is 11.8 Å². The fraction of sp³-hybridized carbons (Fsp3) is 0.333. The van der Waals surface area contributed by atoms with E-state index in [0.717, 1.165) is 6.42 Å². The van der Waals surface area contributed by atoms with E-state index in [1.54, 1.807) is 24.6 Å². The molecule has 0 bridgehead atoms. The molecule has 7 heteroatoms. The van der Waals surface area contributed by atoms with Crippen molar-refractivity contribution in [1.29, 1.82) is 0 Å². The number of ether oxygens (including phenoxy) is 2. The van der Waals surface area contributed by atoms with Crippen molar-refractivity contribution in [2.75, 3.05) is 14.2 Å². The van der Waals surface area contributed by atoms with Crippen molar-refractivity contribution in [1.82, 2.24) is 15.4 Å². The number of nitrogens with zero attached hydrogens (tertiary/aromatic N) is 2. The van der Waals surface area contributed by atoms with Crippen LogP contribution < -0.4 is 20.7 Å². The van der Waals surface area contributed by atoms with E-state index in [1.165, 1.54) is 12.0 Å². The van der Waals surface area contributed by atoms with Gasteiger partial charge in [-0.15, -0.1) is 11.3 Å². The molecule has 19 heavy (non-hydrogen) atoms. The molecule has 0 radical (unpaired) electrons. The second-order valence-electron chi connectivity index (χ2n) is 3.81. The van der Waals surface area contributed by atoms with Crippen LogP contribution in [0, 0.1) is 0 Å². The van der Waals surface area contributed by atoms with Gasteiger partial charge in [-0.3, -0.25) is 11.3 Å². The highest BCUT2D eigenvalue weighted by Gasteiger charge is 2.19. The number of methoxy groups -OCH3 is 2. The van der Waals surface area contributed by atoms with Gasteiger partial charge in [-0.25, -0.2) is 4.98 Å². The highest BCUT2D eigenvalue weighted by atomic mass is 32.1.